The van der Waals surface area contributed by atoms with E-state index in [1.54, 1.807) is 16.8 Å². The number of benzene rings is 2. The molecule has 6 nitrogen and oxygen atoms in total. The summed E-state index contributed by atoms with van der Waals surface area (Å²) in [5, 5.41) is 0. The second kappa shape index (κ2) is 7.97. The first kappa shape index (κ1) is 19.6. The molecular formula is C23H28N4O2. The fourth-order valence-corrected chi connectivity index (χ4v) is 4.56. The Morgan fingerprint density at radius 3 is 2.62 bits per heavy atom. The van der Waals surface area contributed by atoms with Gasteiger partial charge in [-0.2, -0.15) is 0 Å². The van der Waals surface area contributed by atoms with E-state index in [0.29, 0.717) is 13.0 Å². The Labute approximate surface area is 171 Å². The minimum atomic E-state index is -0.876. The minimum Gasteiger partial charge on any atom is -0.344 e. The highest BCUT2D eigenvalue weighted by molar-refractivity contribution is 6.09. The lowest BCUT2D eigenvalue weighted by atomic mass is 9.73. The van der Waals surface area contributed by atoms with Crippen LogP contribution in [-0.4, -0.2) is 49.9 Å². The van der Waals surface area contributed by atoms with Crippen molar-refractivity contribution in [1.82, 2.24) is 15.8 Å². The third-order valence-corrected chi connectivity index (χ3v) is 6.14. The third-order valence-electron chi connectivity index (χ3n) is 6.14. The van der Waals surface area contributed by atoms with Gasteiger partial charge in [0.2, 0.25) is 11.8 Å². The molecule has 0 spiro atoms. The van der Waals surface area contributed by atoms with Gasteiger partial charge in [0.1, 0.15) is 0 Å². The van der Waals surface area contributed by atoms with Crippen molar-refractivity contribution < 1.29 is 9.59 Å². The highest BCUT2D eigenvalue weighted by Gasteiger charge is 2.51. The molecule has 152 valence electrons. The van der Waals surface area contributed by atoms with E-state index in [0.717, 1.165) is 29.8 Å². The number of rotatable bonds is 6. The molecule has 0 bridgehead atoms. The van der Waals surface area contributed by atoms with Crippen molar-refractivity contribution in [2.45, 2.75) is 30.7 Å². The molecule has 2 aromatic rings. The lowest BCUT2D eigenvalue weighted by Crippen LogP contribution is -2.47. The summed E-state index contributed by atoms with van der Waals surface area (Å²) >= 11 is 0. The van der Waals surface area contributed by atoms with E-state index < -0.39 is 5.41 Å². The number of fused-ring (bicyclic) bond motifs is 1. The Bertz CT molecular complexity index is 895. The van der Waals surface area contributed by atoms with Crippen molar-refractivity contribution >= 4 is 17.5 Å². The number of nitrogens with zero attached hydrogens (tertiary/aromatic N) is 2. The lowest BCUT2D eigenvalue weighted by Gasteiger charge is -2.31. The predicted octanol–water partition coefficient (Wildman–Crippen LogP) is 1.86. The van der Waals surface area contributed by atoms with Gasteiger partial charge in [-0.1, -0.05) is 48.5 Å². The molecule has 6 heteroatoms. The number of amides is 2. The molecule has 2 aromatic carbocycles. The zero-order valence-corrected chi connectivity index (χ0v) is 17.0. The first-order valence-electron chi connectivity index (χ1n) is 10.2. The van der Waals surface area contributed by atoms with E-state index in [1.165, 1.54) is 0 Å². The second-order valence-electron chi connectivity index (χ2n) is 8.13. The summed E-state index contributed by atoms with van der Waals surface area (Å²) in [7, 11) is 3.63. The maximum atomic E-state index is 13.5. The number of hydrazine groups is 1. The Kier molecular flexibility index (Phi) is 5.39. The molecule has 1 saturated heterocycles. The Morgan fingerprint density at radius 2 is 1.90 bits per heavy atom. The molecule has 2 aliphatic heterocycles. The van der Waals surface area contributed by atoms with Crippen LogP contribution < -0.4 is 15.8 Å². The normalized spacial score (nSPS) is 23.3. The molecular weight excluding hydrogens is 364 g/mol. The maximum Gasteiger partial charge on any atom is 0.238 e. The zero-order chi connectivity index (χ0) is 20.4. The number of carbonyl (C=O) groups is 2. The Hall–Kier alpha value is -2.70. The average molecular weight is 393 g/mol. The summed E-state index contributed by atoms with van der Waals surface area (Å²) in [5.74, 6) is -0.0157. The molecule has 0 aliphatic carbocycles. The van der Waals surface area contributed by atoms with E-state index in [4.69, 9.17) is 0 Å². The van der Waals surface area contributed by atoms with E-state index in [-0.39, 0.29) is 24.3 Å². The second-order valence-corrected chi connectivity index (χ2v) is 8.13. The van der Waals surface area contributed by atoms with Gasteiger partial charge in [-0.15, -0.1) is 0 Å². The van der Waals surface area contributed by atoms with Gasteiger partial charge in [-0.05, 0) is 30.0 Å². The Morgan fingerprint density at radius 1 is 1.17 bits per heavy atom. The molecule has 0 radical (unpaired) electrons. The van der Waals surface area contributed by atoms with E-state index in [9.17, 15) is 9.59 Å². The van der Waals surface area contributed by atoms with Crippen LogP contribution in [0, 0.1) is 0 Å². The molecule has 2 aliphatic rings. The van der Waals surface area contributed by atoms with Gasteiger partial charge >= 0.3 is 0 Å². The SMILES string of the molecule is CN(CC1CCNN1)C(=O)CC1(Cc2ccccc2)C(=O)N(C)c2ccccc21. The maximum absolute atomic E-state index is 13.5. The number of anilines is 1. The van der Waals surface area contributed by atoms with Gasteiger partial charge in [-0.3, -0.25) is 20.4 Å². The predicted molar refractivity (Wildman–Crippen MR) is 113 cm³/mol. The minimum absolute atomic E-state index is 0.00640. The highest BCUT2D eigenvalue weighted by Crippen LogP contribution is 2.45. The van der Waals surface area contributed by atoms with Crippen LogP contribution in [0.2, 0.25) is 0 Å². The van der Waals surface area contributed by atoms with Crippen molar-refractivity contribution in [3.8, 4) is 0 Å². The van der Waals surface area contributed by atoms with Gasteiger partial charge in [0.05, 0.1) is 5.41 Å². The van der Waals surface area contributed by atoms with Crippen LogP contribution >= 0.6 is 0 Å². The zero-order valence-electron chi connectivity index (χ0n) is 17.0. The molecule has 2 atom stereocenters. The largest absolute Gasteiger partial charge is 0.344 e. The number of nitrogens with one attached hydrogen (secondary N) is 2. The standard InChI is InChI=1S/C23H28N4O2/c1-26(16-18-12-13-24-25-18)21(28)15-23(14-17-8-4-3-5-9-17)19-10-6-7-11-20(19)27(2)22(23)29/h3-11,18,24-25H,12-16H2,1-2H3. The van der Waals surface area contributed by atoms with Crippen LogP contribution in [0.5, 0.6) is 0 Å². The summed E-state index contributed by atoms with van der Waals surface area (Å²) in [6.45, 7) is 1.53. The molecule has 0 aromatic heterocycles. The third kappa shape index (κ3) is 3.66. The van der Waals surface area contributed by atoms with Crippen LogP contribution in [0.15, 0.2) is 54.6 Å². The molecule has 1 fully saturated rings. The van der Waals surface area contributed by atoms with Crippen LogP contribution in [-0.2, 0) is 21.4 Å². The monoisotopic (exact) mass is 392 g/mol. The molecule has 29 heavy (non-hydrogen) atoms. The van der Waals surface area contributed by atoms with Crippen LogP contribution in [0.3, 0.4) is 0 Å². The average Bonchev–Trinajstić information content (AvgIpc) is 3.31. The van der Waals surface area contributed by atoms with Gasteiger partial charge in [0, 0.05) is 45.3 Å². The number of hydrogen-bond donors (Lipinski definition) is 2. The van der Waals surface area contributed by atoms with E-state index in [2.05, 4.69) is 10.9 Å². The van der Waals surface area contributed by atoms with Crippen molar-refractivity contribution in [1.29, 1.82) is 0 Å². The summed E-state index contributed by atoms with van der Waals surface area (Å²) in [6, 6.07) is 18.1. The topological polar surface area (TPSA) is 64.7 Å². The fourth-order valence-electron chi connectivity index (χ4n) is 4.56. The van der Waals surface area contributed by atoms with E-state index in [1.807, 2.05) is 61.6 Å². The molecule has 2 N–H and O–H groups in total. The first-order valence-corrected chi connectivity index (χ1v) is 10.2. The van der Waals surface area contributed by atoms with Gasteiger partial charge in [0.15, 0.2) is 0 Å². The summed E-state index contributed by atoms with van der Waals surface area (Å²) in [4.78, 5) is 30.2. The summed E-state index contributed by atoms with van der Waals surface area (Å²) < 4.78 is 0. The lowest BCUT2D eigenvalue weighted by molar-refractivity contribution is -0.135. The van der Waals surface area contributed by atoms with Gasteiger partial charge in [0.25, 0.3) is 0 Å². The smallest absolute Gasteiger partial charge is 0.238 e. The number of carbonyl (C=O) groups excluding carboxylic acids is 2. The van der Waals surface area contributed by atoms with Gasteiger partial charge in [-0.25, -0.2) is 0 Å². The first-order chi connectivity index (χ1) is 14.0. The van der Waals surface area contributed by atoms with Crippen molar-refractivity contribution in [3.63, 3.8) is 0 Å². The number of hydrogen-bond acceptors (Lipinski definition) is 4. The fraction of sp³-hybridized carbons (Fsp3) is 0.391. The van der Waals surface area contributed by atoms with Crippen LogP contribution in [0.4, 0.5) is 5.69 Å². The molecule has 2 heterocycles. The van der Waals surface area contributed by atoms with Crippen LogP contribution in [0.25, 0.3) is 0 Å². The van der Waals surface area contributed by atoms with Crippen molar-refractivity contribution in [3.05, 3.63) is 65.7 Å². The van der Waals surface area contributed by atoms with E-state index >= 15 is 0 Å². The Balaban J connectivity index is 1.66. The molecule has 0 saturated carbocycles. The quantitative estimate of drug-likeness (QED) is 0.788. The van der Waals surface area contributed by atoms with Crippen LogP contribution in [0.1, 0.15) is 24.0 Å². The molecule has 4 rings (SSSR count). The number of likely N-dealkylation sites (N-methyl/N-ethyl adjacent to an activating group) is 2. The highest BCUT2D eigenvalue weighted by atomic mass is 16.2. The van der Waals surface area contributed by atoms with Crippen molar-refractivity contribution in [2.24, 2.45) is 0 Å². The molecule has 2 unspecified atom stereocenters. The summed E-state index contributed by atoms with van der Waals surface area (Å²) in [6.07, 6.45) is 1.66. The molecule has 2 amide bonds. The summed E-state index contributed by atoms with van der Waals surface area (Å²) in [5.41, 5.74) is 8.32. The van der Waals surface area contributed by atoms with Gasteiger partial charge < -0.3 is 9.80 Å². The number of para-hydroxylation sites is 1. The van der Waals surface area contributed by atoms with Crippen molar-refractivity contribution in [2.75, 3.05) is 32.1 Å².